The Morgan fingerprint density at radius 3 is 2.61 bits per heavy atom. The molecule has 0 saturated carbocycles. The molecule has 0 unspecified atom stereocenters. The summed E-state index contributed by atoms with van der Waals surface area (Å²) in [6, 6.07) is 9.68. The fourth-order valence-electron chi connectivity index (χ4n) is 3.88. The zero-order chi connectivity index (χ0) is 22.2. The van der Waals surface area contributed by atoms with Crippen molar-refractivity contribution in [3.05, 3.63) is 40.9 Å². The monoisotopic (exact) mass is 459 g/mol. The Labute approximate surface area is 191 Å². The average molecular weight is 460 g/mol. The third-order valence-electron chi connectivity index (χ3n) is 5.71. The zero-order valence-electron chi connectivity index (χ0n) is 17.9. The molecule has 0 aliphatic carbocycles. The van der Waals surface area contributed by atoms with Crippen LogP contribution in [0.4, 0.5) is 11.4 Å². The van der Waals surface area contributed by atoms with Crippen molar-refractivity contribution in [3.63, 3.8) is 0 Å². The number of nitrogens with zero attached hydrogens (tertiary/aromatic N) is 3. The van der Waals surface area contributed by atoms with Crippen LogP contribution in [0.5, 0.6) is 11.5 Å². The Kier molecular flexibility index (Phi) is 6.19. The lowest BCUT2D eigenvalue weighted by Crippen LogP contribution is -2.50. The van der Waals surface area contributed by atoms with Crippen LogP contribution in [0, 0.1) is 5.41 Å². The van der Waals surface area contributed by atoms with Crippen molar-refractivity contribution in [2.24, 2.45) is 10.4 Å². The van der Waals surface area contributed by atoms with Crippen molar-refractivity contribution >= 4 is 46.9 Å². The molecule has 164 valence electrons. The molecule has 1 fully saturated rings. The van der Waals surface area contributed by atoms with E-state index >= 15 is 0 Å². The van der Waals surface area contributed by atoms with Crippen LogP contribution in [0.25, 0.3) is 0 Å². The second kappa shape index (κ2) is 8.73. The van der Waals surface area contributed by atoms with Gasteiger partial charge in [0.25, 0.3) is 0 Å². The van der Waals surface area contributed by atoms with Gasteiger partial charge in [-0.1, -0.05) is 11.6 Å². The normalized spacial score (nSPS) is 16.3. The van der Waals surface area contributed by atoms with Crippen LogP contribution in [0.2, 0.25) is 5.02 Å². The molecule has 2 aliphatic rings. The molecule has 8 heteroatoms. The van der Waals surface area contributed by atoms with Gasteiger partial charge in [-0.25, -0.2) is 0 Å². The second-order valence-corrected chi connectivity index (χ2v) is 9.80. The van der Waals surface area contributed by atoms with Crippen LogP contribution < -0.4 is 9.64 Å². The van der Waals surface area contributed by atoms with Crippen molar-refractivity contribution in [2.75, 3.05) is 43.9 Å². The number of carboxylic acids is 1. The topological polar surface area (TPSA) is 65.4 Å². The standard InChI is InChI=1S/C23H26ClN3O3S/c1-23(2,22(28)29)14-26-6-8-27(9-7-26)19-11-16(31-3)12-20-17(19)13-25-18-5-4-15(24)10-21(18)30-20/h4-5,10-13H,6-9,14H2,1-3H3,(H,28,29). The molecule has 0 aromatic heterocycles. The fourth-order valence-corrected chi connectivity index (χ4v) is 4.50. The quantitative estimate of drug-likeness (QED) is 0.532. The SMILES string of the molecule is CSc1cc2c(c(N3CCN(CC(C)(C)C(=O)O)CC3)c1)C=Nc1ccc(Cl)cc1O2. The Morgan fingerprint density at radius 1 is 1.19 bits per heavy atom. The minimum atomic E-state index is -0.763. The maximum absolute atomic E-state index is 11.5. The van der Waals surface area contributed by atoms with Gasteiger partial charge in [-0.05, 0) is 44.4 Å². The molecule has 2 aliphatic heterocycles. The highest BCUT2D eigenvalue weighted by molar-refractivity contribution is 7.98. The van der Waals surface area contributed by atoms with Crippen molar-refractivity contribution in [1.82, 2.24) is 4.90 Å². The Hall–Kier alpha value is -2.22. The Morgan fingerprint density at radius 2 is 1.94 bits per heavy atom. The largest absolute Gasteiger partial charge is 0.481 e. The van der Waals surface area contributed by atoms with Gasteiger partial charge in [0.2, 0.25) is 0 Å². The number of carboxylic acid groups (broad SMARTS) is 1. The highest BCUT2D eigenvalue weighted by Crippen LogP contribution is 2.42. The van der Waals surface area contributed by atoms with E-state index in [9.17, 15) is 9.90 Å². The van der Waals surface area contributed by atoms with Crippen molar-refractivity contribution in [1.29, 1.82) is 0 Å². The molecule has 0 bridgehead atoms. The average Bonchev–Trinajstić information content (AvgIpc) is 2.91. The molecule has 31 heavy (non-hydrogen) atoms. The third kappa shape index (κ3) is 4.68. The van der Waals surface area contributed by atoms with E-state index in [1.807, 2.05) is 30.7 Å². The van der Waals surface area contributed by atoms with Crippen molar-refractivity contribution in [2.45, 2.75) is 18.7 Å². The highest BCUT2D eigenvalue weighted by atomic mass is 35.5. The summed E-state index contributed by atoms with van der Waals surface area (Å²) in [4.78, 5) is 21.8. The van der Waals surface area contributed by atoms with Gasteiger partial charge in [0.05, 0.1) is 16.7 Å². The second-order valence-electron chi connectivity index (χ2n) is 8.48. The number of thioether (sulfide) groups is 1. The number of hydrogen-bond donors (Lipinski definition) is 1. The maximum atomic E-state index is 11.5. The van der Waals surface area contributed by atoms with Gasteiger partial charge in [0.15, 0.2) is 5.75 Å². The number of hydrogen-bond acceptors (Lipinski definition) is 6. The summed E-state index contributed by atoms with van der Waals surface area (Å²) in [5.41, 5.74) is 2.02. The smallest absolute Gasteiger partial charge is 0.310 e. The van der Waals surface area contributed by atoms with E-state index in [0.29, 0.717) is 17.3 Å². The van der Waals surface area contributed by atoms with E-state index in [-0.39, 0.29) is 0 Å². The summed E-state index contributed by atoms with van der Waals surface area (Å²) in [7, 11) is 0. The summed E-state index contributed by atoms with van der Waals surface area (Å²) in [5, 5.41) is 10.0. The first kappa shape index (κ1) is 22.0. The van der Waals surface area contributed by atoms with E-state index < -0.39 is 11.4 Å². The third-order valence-corrected chi connectivity index (χ3v) is 6.66. The van der Waals surface area contributed by atoms with Crippen molar-refractivity contribution < 1.29 is 14.6 Å². The predicted molar refractivity (Wildman–Crippen MR) is 127 cm³/mol. The number of halogens is 1. The molecule has 6 nitrogen and oxygen atoms in total. The van der Waals surface area contributed by atoms with Gasteiger partial charge in [-0.3, -0.25) is 14.7 Å². The molecule has 0 amide bonds. The Balaban J connectivity index is 1.60. The van der Waals surface area contributed by atoms with E-state index in [1.165, 1.54) is 0 Å². The van der Waals surface area contributed by atoms with Crippen LogP contribution in [-0.4, -0.2) is 61.2 Å². The minimum absolute atomic E-state index is 0.541. The minimum Gasteiger partial charge on any atom is -0.481 e. The molecular formula is C23H26ClN3O3S. The molecule has 0 atom stereocenters. The number of piperazine rings is 1. The van der Waals surface area contributed by atoms with Gasteiger partial charge < -0.3 is 14.7 Å². The molecule has 2 heterocycles. The summed E-state index contributed by atoms with van der Waals surface area (Å²) in [5.74, 6) is 0.648. The van der Waals surface area contributed by atoms with Gasteiger partial charge in [-0.15, -0.1) is 11.8 Å². The number of anilines is 1. The number of carbonyl (C=O) groups is 1. The lowest BCUT2D eigenvalue weighted by Gasteiger charge is -2.39. The number of aliphatic carboxylic acids is 1. The number of aliphatic imine (C=N–C) groups is 1. The first-order chi connectivity index (χ1) is 14.8. The van der Waals surface area contributed by atoms with Gasteiger partial charge in [0, 0.05) is 54.9 Å². The van der Waals surface area contributed by atoms with E-state index in [2.05, 4.69) is 20.9 Å². The van der Waals surface area contributed by atoms with E-state index in [1.54, 1.807) is 31.7 Å². The molecule has 0 spiro atoms. The molecule has 0 radical (unpaired) electrons. The summed E-state index contributed by atoms with van der Waals surface area (Å²) in [6.45, 7) is 7.34. The summed E-state index contributed by atoms with van der Waals surface area (Å²) < 4.78 is 6.25. The maximum Gasteiger partial charge on any atom is 0.310 e. The first-order valence-corrected chi connectivity index (χ1v) is 11.8. The molecule has 2 aromatic carbocycles. The number of benzene rings is 2. The molecule has 1 saturated heterocycles. The van der Waals surface area contributed by atoms with E-state index in [0.717, 1.165) is 53.8 Å². The highest BCUT2D eigenvalue weighted by Gasteiger charge is 2.31. The first-order valence-electron chi connectivity index (χ1n) is 10.2. The molecule has 1 N–H and O–H groups in total. The van der Waals surface area contributed by atoms with Crippen LogP contribution in [0.15, 0.2) is 40.2 Å². The fraction of sp³-hybridized carbons (Fsp3) is 0.391. The van der Waals surface area contributed by atoms with Crippen LogP contribution >= 0.6 is 23.4 Å². The predicted octanol–water partition coefficient (Wildman–Crippen LogP) is 5.15. The molecule has 2 aromatic rings. The van der Waals surface area contributed by atoms with Crippen LogP contribution in [0.3, 0.4) is 0 Å². The summed E-state index contributed by atoms with van der Waals surface area (Å²) >= 11 is 7.83. The molecular weight excluding hydrogens is 434 g/mol. The zero-order valence-corrected chi connectivity index (χ0v) is 19.5. The Bertz CT molecular complexity index is 1030. The van der Waals surface area contributed by atoms with Crippen LogP contribution in [-0.2, 0) is 4.79 Å². The van der Waals surface area contributed by atoms with Crippen LogP contribution in [0.1, 0.15) is 19.4 Å². The lowest BCUT2D eigenvalue weighted by atomic mass is 9.93. The van der Waals surface area contributed by atoms with E-state index in [4.69, 9.17) is 16.3 Å². The lowest BCUT2D eigenvalue weighted by molar-refractivity contribution is -0.148. The van der Waals surface area contributed by atoms with Crippen molar-refractivity contribution in [3.8, 4) is 11.5 Å². The van der Waals surface area contributed by atoms with Gasteiger partial charge in [0.1, 0.15) is 11.4 Å². The number of ether oxygens (including phenoxy) is 1. The number of fused-ring (bicyclic) bond motifs is 2. The molecule has 4 rings (SSSR count). The summed E-state index contributed by atoms with van der Waals surface area (Å²) in [6.07, 6.45) is 3.92. The number of rotatable bonds is 5. The van der Waals surface area contributed by atoms with Gasteiger partial charge in [-0.2, -0.15) is 0 Å². The van der Waals surface area contributed by atoms with Gasteiger partial charge >= 0.3 is 5.97 Å².